The quantitative estimate of drug-likeness (QED) is 0.670. The average molecular weight is 332 g/mol. The maximum Gasteiger partial charge on any atom is 0.267 e. The van der Waals surface area contributed by atoms with E-state index in [0.29, 0.717) is 6.61 Å². The molecule has 1 N–H and O–H groups in total. The first-order valence-corrected chi connectivity index (χ1v) is 6.93. The fraction of sp³-hybridized carbons (Fsp3) is 0.0625. The molecule has 0 fully saturated rings. The van der Waals surface area contributed by atoms with E-state index in [4.69, 9.17) is 4.84 Å². The van der Waals surface area contributed by atoms with Crippen LogP contribution in [-0.4, -0.2) is 5.91 Å². The molecule has 20 heavy (non-hydrogen) atoms. The van der Waals surface area contributed by atoms with Crippen molar-refractivity contribution in [1.82, 2.24) is 5.48 Å². The van der Waals surface area contributed by atoms with Crippen LogP contribution in [0.25, 0.3) is 6.08 Å². The molecule has 4 heteroatoms. The molecule has 102 valence electrons. The number of benzene rings is 2. The molecule has 0 heterocycles. The monoisotopic (exact) mass is 331 g/mol. The first kappa shape index (κ1) is 14.5. The third kappa shape index (κ3) is 4.99. The Morgan fingerprint density at radius 2 is 1.95 bits per heavy atom. The standard InChI is InChI=1S/C16H14BrNO2/c17-15-8-4-7-13(11-15)9-10-16(19)18-20-12-14-5-2-1-3-6-14/h1-11H,12H2,(H,18,19)/b10-9-. The fourth-order valence-corrected chi connectivity index (χ4v) is 2.00. The van der Waals surface area contributed by atoms with Gasteiger partial charge in [-0.05, 0) is 29.3 Å². The predicted octanol–water partition coefficient (Wildman–Crippen LogP) is 3.71. The zero-order valence-electron chi connectivity index (χ0n) is 10.8. The van der Waals surface area contributed by atoms with Crippen molar-refractivity contribution in [3.63, 3.8) is 0 Å². The highest BCUT2D eigenvalue weighted by atomic mass is 79.9. The highest BCUT2D eigenvalue weighted by molar-refractivity contribution is 9.10. The van der Waals surface area contributed by atoms with E-state index in [0.717, 1.165) is 15.6 Å². The summed E-state index contributed by atoms with van der Waals surface area (Å²) in [5.74, 6) is -0.291. The van der Waals surface area contributed by atoms with Crippen molar-refractivity contribution >= 4 is 27.9 Å². The Labute approximate surface area is 126 Å². The van der Waals surface area contributed by atoms with Crippen molar-refractivity contribution in [3.8, 4) is 0 Å². The van der Waals surface area contributed by atoms with Gasteiger partial charge in [-0.2, -0.15) is 0 Å². The Kier molecular flexibility index (Phi) is 5.53. The maximum atomic E-state index is 11.6. The van der Waals surface area contributed by atoms with Gasteiger partial charge in [0, 0.05) is 10.5 Å². The zero-order valence-corrected chi connectivity index (χ0v) is 12.3. The van der Waals surface area contributed by atoms with Crippen LogP contribution >= 0.6 is 15.9 Å². The van der Waals surface area contributed by atoms with Gasteiger partial charge in [0.05, 0.1) is 6.61 Å². The number of hydrogen-bond donors (Lipinski definition) is 1. The molecule has 0 radical (unpaired) electrons. The van der Waals surface area contributed by atoms with E-state index in [1.807, 2.05) is 54.6 Å². The molecule has 0 aliphatic heterocycles. The predicted molar refractivity (Wildman–Crippen MR) is 82.5 cm³/mol. The Balaban J connectivity index is 1.78. The average Bonchev–Trinajstić information content (AvgIpc) is 2.46. The van der Waals surface area contributed by atoms with Gasteiger partial charge in [0.15, 0.2) is 0 Å². The van der Waals surface area contributed by atoms with Crippen molar-refractivity contribution in [2.45, 2.75) is 6.61 Å². The maximum absolute atomic E-state index is 11.6. The van der Waals surface area contributed by atoms with Crippen LogP contribution in [0.2, 0.25) is 0 Å². The van der Waals surface area contributed by atoms with Crippen molar-refractivity contribution in [3.05, 3.63) is 76.3 Å². The second-order valence-corrected chi connectivity index (χ2v) is 5.04. The summed E-state index contributed by atoms with van der Waals surface area (Å²) in [6.45, 7) is 0.345. The number of amides is 1. The normalized spacial score (nSPS) is 10.7. The third-order valence-electron chi connectivity index (χ3n) is 2.53. The summed E-state index contributed by atoms with van der Waals surface area (Å²) in [6, 6.07) is 17.3. The smallest absolute Gasteiger partial charge is 0.267 e. The van der Waals surface area contributed by atoms with E-state index >= 15 is 0 Å². The molecule has 0 unspecified atom stereocenters. The second kappa shape index (κ2) is 7.62. The number of hydrogen-bond acceptors (Lipinski definition) is 2. The number of carbonyl (C=O) groups excluding carboxylic acids is 1. The summed E-state index contributed by atoms with van der Waals surface area (Å²) in [4.78, 5) is 16.7. The highest BCUT2D eigenvalue weighted by Gasteiger charge is 1.96. The van der Waals surface area contributed by atoms with Crippen LogP contribution in [0.15, 0.2) is 65.1 Å². The van der Waals surface area contributed by atoms with Gasteiger partial charge in [0.1, 0.15) is 0 Å². The SMILES string of the molecule is O=C(/C=C\c1cccc(Br)c1)NOCc1ccccc1. The lowest BCUT2D eigenvalue weighted by molar-refractivity contribution is -0.129. The molecule has 0 spiro atoms. The Hall–Kier alpha value is -1.91. The van der Waals surface area contributed by atoms with Crippen molar-refractivity contribution in [2.75, 3.05) is 0 Å². The zero-order chi connectivity index (χ0) is 14.2. The Morgan fingerprint density at radius 3 is 2.70 bits per heavy atom. The molecular weight excluding hydrogens is 318 g/mol. The van der Waals surface area contributed by atoms with Crippen molar-refractivity contribution in [1.29, 1.82) is 0 Å². The van der Waals surface area contributed by atoms with Crippen LogP contribution in [0.5, 0.6) is 0 Å². The van der Waals surface area contributed by atoms with E-state index in [9.17, 15) is 4.79 Å². The van der Waals surface area contributed by atoms with Gasteiger partial charge in [-0.25, -0.2) is 5.48 Å². The van der Waals surface area contributed by atoms with Gasteiger partial charge in [0.25, 0.3) is 5.91 Å². The number of hydroxylamine groups is 1. The molecule has 3 nitrogen and oxygen atoms in total. The molecule has 0 saturated heterocycles. The van der Waals surface area contributed by atoms with E-state index in [1.165, 1.54) is 6.08 Å². The summed E-state index contributed by atoms with van der Waals surface area (Å²) < 4.78 is 0.973. The van der Waals surface area contributed by atoms with Crippen LogP contribution in [-0.2, 0) is 16.2 Å². The van der Waals surface area contributed by atoms with Crippen LogP contribution < -0.4 is 5.48 Å². The van der Waals surface area contributed by atoms with E-state index in [2.05, 4.69) is 21.4 Å². The molecule has 1 amide bonds. The molecule has 0 saturated carbocycles. The molecule has 0 aliphatic rings. The summed E-state index contributed by atoms with van der Waals surface area (Å²) >= 11 is 3.38. The molecular formula is C16H14BrNO2. The minimum atomic E-state index is -0.291. The van der Waals surface area contributed by atoms with Crippen LogP contribution in [0.1, 0.15) is 11.1 Å². The van der Waals surface area contributed by atoms with Crippen molar-refractivity contribution in [2.24, 2.45) is 0 Å². The van der Waals surface area contributed by atoms with E-state index in [-0.39, 0.29) is 5.91 Å². The molecule has 2 rings (SSSR count). The minimum Gasteiger partial charge on any atom is -0.269 e. The lowest BCUT2D eigenvalue weighted by Crippen LogP contribution is -2.21. The van der Waals surface area contributed by atoms with Gasteiger partial charge in [-0.3, -0.25) is 9.63 Å². The summed E-state index contributed by atoms with van der Waals surface area (Å²) in [5.41, 5.74) is 4.32. The molecule has 2 aromatic carbocycles. The Bertz CT molecular complexity index is 596. The third-order valence-corrected chi connectivity index (χ3v) is 3.02. The number of halogens is 1. The number of rotatable bonds is 5. The molecule has 0 atom stereocenters. The Morgan fingerprint density at radius 1 is 1.15 bits per heavy atom. The van der Waals surface area contributed by atoms with Crippen LogP contribution in [0.3, 0.4) is 0 Å². The van der Waals surface area contributed by atoms with Gasteiger partial charge in [-0.15, -0.1) is 0 Å². The molecule has 0 aliphatic carbocycles. The lowest BCUT2D eigenvalue weighted by Gasteiger charge is -2.03. The van der Waals surface area contributed by atoms with Gasteiger partial charge in [0.2, 0.25) is 0 Å². The number of nitrogens with one attached hydrogen (secondary N) is 1. The van der Waals surface area contributed by atoms with E-state index in [1.54, 1.807) is 6.08 Å². The van der Waals surface area contributed by atoms with E-state index < -0.39 is 0 Å². The van der Waals surface area contributed by atoms with Crippen LogP contribution in [0, 0.1) is 0 Å². The first-order chi connectivity index (χ1) is 9.74. The van der Waals surface area contributed by atoms with Gasteiger partial charge >= 0.3 is 0 Å². The molecule has 2 aromatic rings. The summed E-state index contributed by atoms with van der Waals surface area (Å²) in [7, 11) is 0. The number of carbonyl (C=O) groups is 1. The summed E-state index contributed by atoms with van der Waals surface area (Å²) in [5, 5.41) is 0. The van der Waals surface area contributed by atoms with Crippen molar-refractivity contribution < 1.29 is 9.63 Å². The van der Waals surface area contributed by atoms with Crippen LogP contribution in [0.4, 0.5) is 0 Å². The minimum absolute atomic E-state index is 0.291. The highest BCUT2D eigenvalue weighted by Crippen LogP contribution is 2.12. The molecule has 0 aromatic heterocycles. The summed E-state index contributed by atoms with van der Waals surface area (Å²) in [6.07, 6.45) is 3.17. The first-order valence-electron chi connectivity index (χ1n) is 6.13. The lowest BCUT2D eigenvalue weighted by atomic mass is 10.2. The fourth-order valence-electron chi connectivity index (χ4n) is 1.58. The van der Waals surface area contributed by atoms with Gasteiger partial charge < -0.3 is 0 Å². The topological polar surface area (TPSA) is 38.3 Å². The van der Waals surface area contributed by atoms with Gasteiger partial charge in [-0.1, -0.05) is 58.4 Å². The molecule has 0 bridgehead atoms. The second-order valence-electron chi connectivity index (χ2n) is 4.13. The largest absolute Gasteiger partial charge is 0.269 e.